The van der Waals surface area contributed by atoms with Gasteiger partial charge in [0, 0.05) is 17.6 Å². The maximum atomic E-state index is 12.7. The van der Waals surface area contributed by atoms with Crippen molar-refractivity contribution in [1.29, 1.82) is 0 Å². The largest absolute Gasteiger partial charge is 0.350 e. The van der Waals surface area contributed by atoms with Gasteiger partial charge in [-0.15, -0.1) is 12.4 Å². The molecule has 5 heteroatoms. The lowest BCUT2D eigenvalue weighted by Crippen LogP contribution is -2.51. The Labute approximate surface area is 119 Å². The van der Waals surface area contributed by atoms with Gasteiger partial charge in [0.15, 0.2) is 0 Å². The number of amides is 1. The first-order valence-electron chi connectivity index (χ1n) is 6.42. The first-order valence-corrected chi connectivity index (χ1v) is 6.42. The molecule has 0 atom stereocenters. The van der Waals surface area contributed by atoms with E-state index < -0.39 is 0 Å². The lowest BCUT2D eigenvalue weighted by molar-refractivity contribution is 0.0937. The Morgan fingerprint density at radius 3 is 2.37 bits per heavy atom. The molecular formula is C14H20ClFN2O. The van der Waals surface area contributed by atoms with E-state index >= 15 is 0 Å². The predicted octanol–water partition coefficient (Wildman–Crippen LogP) is 2.64. The van der Waals surface area contributed by atoms with Crippen LogP contribution < -0.4 is 11.1 Å². The molecule has 0 radical (unpaired) electrons. The average molecular weight is 287 g/mol. The maximum absolute atomic E-state index is 12.7. The Kier molecular flexibility index (Phi) is 5.76. The average Bonchev–Trinajstić information content (AvgIpc) is 2.38. The summed E-state index contributed by atoms with van der Waals surface area (Å²) in [6, 6.07) is 5.53. The number of nitrogens with two attached hydrogens (primary N) is 1. The van der Waals surface area contributed by atoms with Gasteiger partial charge in [-0.05, 0) is 37.1 Å². The van der Waals surface area contributed by atoms with Crippen LogP contribution in [0.15, 0.2) is 24.3 Å². The summed E-state index contributed by atoms with van der Waals surface area (Å²) in [5.74, 6) is -0.528. The van der Waals surface area contributed by atoms with E-state index in [2.05, 4.69) is 5.32 Å². The first kappa shape index (κ1) is 15.9. The fourth-order valence-corrected chi connectivity index (χ4v) is 2.39. The zero-order valence-electron chi connectivity index (χ0n) is 10.8. The van der Waals surface area contributed by atoms with Crippen molar-refractivity contribution in [1.82, 2.24) is 5.32 Å². The monoisotopic (exact) mass is 286 g/mol. The normalized spacial score (nSPS) is 17.4. The molecule has 1 aliphatic rings. The van der Waals surface area contributed by atoms with Gasteiger partial charge in [0.1, 0.15) is 5.82 Å². The van der Waals surface area contributed by atoms with Crippen LogP contribution in [0.1, 0.15) is 42.5 Å². The van der Waals surface area contributed by atoms with E-state index in [4.69, 9.17) is 5.73 Å². The predicted molar refractivity (Wildman–Crippen MR) is 76.0 cm³/mol. The van der Waals surface area contributed by atoms with Gasteiger partial charge >= 0.3 is 0 Å². The summed E-state index contributed by atoms with van der Waals surface area (Å²) in [5.41, 5.74) is 6.43. The Bertz CT molecular complexity index is 416. The highest BCUT2D eigenvalue weighted by Crippen LogP contribution is 2.25. The molecule has 0 bridgehead atoms. The van der Waals surface area contributed by atoms with Crippen LogP contribution in [0.5, 0.6) is 0 Å². The standard InChI is InChI=1S/C14H19FN2O.ClH/c15-12-6-4-11(5-7-12)13(18)17-10-14(16)8-2-1-3-9-14;/h4-7H,1-3,8-10,16H2,(H,17,18);1H. The highest BCUT2D eigenvalue weighted by atomic mass is 35.5. The second-order valence-corrected chi connectivity index (χ2v) is 5.11. The Morgan fingerprint density at radius 1 is 1.21 bits per heavy atom. The molecule has 0 saturated heterocycles. The van der Waals surface area contributed by atoms with Crippen LogP contribution in [0, 0.1) is 5.82 Å². The van der Waals surface area contributed by atoms with Gasteiger partial charge in [-0.3, -0.25) is 4.79 Å². The minimum absolute atomic E-state index is 0. The van der Waals surface area contributed by atoms with Crippen LogP contribution in [0.4, 0.5) is 4.39 Å². The van der Waals surface area contributed by atoms with Crippen molar-refractivity contribution in [3.63, 3.8) is 0 Å². The summed E-state index contributed by atoms with van der Waals surface area (Å²) in [7, 11) is 0. The molecule has 0 spiro atoms. The summed E-state index contributed by atoms with van der Waals surface area (Å²) < 4.78 is 12.7. The molecule has 0 aromatic heterocycles. The van der Waals surface area contributed by atoms with Gasteiger partial charge in [0.05, 0.1) is 0 Å². The molecule has 2 rings (SSSR count). The van der Waals surface area contributed by atoms with Gasteiger partial charge in [0.2, 0.25) is 0 Å². The van der Waals surface area contributed by atoms with Crippen LogP contribution in [0.2, 0.25) is 0 Å². The van der Waals surface area contributed by atoms with Gasteiger partial charge in [-0.1, -0.05) is 19.3 Å². The van der Waals surface area contributed by atoms with E-state index in [1.165, 1.54) is 30.7 Å². The van der Waals surface area contributed by atoms with Crippen LogP contribution in [0.25, 0.3) is 0 Å². The highest BCUT2D eigenvalue weighted by Gasteiger charge is 2.27. The van der Waals surface area contributed by atoms with E-state index in [1.54, 1.807) is 0 Å². The Balaban J connectivity index is 0.00000180. The third-order valence-corrected chi connectivity index (χ3v) is 3.56. The maximum Gasteiger partial charge on any atom is 0.251 e. The van der Waals surface area contributed by atoms with E-state index in [1.807, 2.05) is 0 Å². The second kappa shape index (κ2) is 6.87. The number of rotatable bonds is 3. The fourth-order valence-electron chi connectivity index (χ4n) is 2.39. The number of hydrogen-bond donors (Lipinski definition) is 2. The first-order chi connectivity index (χ1) is 8.59. The molecule has 106 valence electrons. The molecule has 1 aliphatic carbocycles. The van der Waals surface area contributed by atoms with Gasteiger partial charge in [-0.2, -0.15) is 0 Å². The van der Waals surface area contributed by atoms with Crippen LogP contribution in [0.3, 0.4) is 0 Å². The molecule has 1 aromatic carbocycles. The number of nitrogens with one attached hydrogen (secondary N) is 1. The van der Waals surface area contributed by atoms with E-state index in [0.717, 1.165) is 25.7 Å². The Hall–Kier alpha value is -1.13. The minimum atomic E-state index is -0.339. The number of halogens is 2. The van der Waals surface area contributed by atoms with Gasteiger partial charge in [-0.25, -0.2) is 4.39 Å². The van der Waals surface area contributed by atoms with Gasteiger partial charge in [0.25, 0.3) is 5.91 Å². The lowest BCUT2D eigenvalue weighted by Gasteiger charge is -2.33. The number of benzene rings is 1. The SMILES string of the molecule is Cl.NC1(CNC(=O)c2ccc(F)cc2)CCCCC1. The van der Waals surface area contributed by atoms with E-state index in [9.17, 15) is 9.18 Å². The molecule has 1 amide bonds. The van der Waals surface area contributed by atoms with Crippen molar-refractivity contribution in [3.8, 4) is 0 Å². The molecule has 1 fully saturated rings. The zero-order chi connectivity index (χ0) is 13.0. The van der Waals surface area contributed by atoms with Gasteiger partial charge < -0.3 is 11.1 Å². The smallest absolute Gasteiger partial charge is 0.251 e. The van der Waals surface area contributed by atoms with E-state index in [-0.39, 0.29) is 29.7 Å². The van der Waals surface area contributed by atoms with Crippen LogP contribution >= 0.6 is 12.4 Å². The van der Waals surface area contributed by atoms with Crippen LogP contribution in [-0.2, 0) is 0 Å². The summed E-state index contributed by atoms with van der Waals surface area (Å²) in [6.07, 6.45) is 5.39. The van der Waals surface area contributed by atoms with Crippen molar-refractivity contribution in [2.45, 2.75) is 37.6 Å². The van der Waals surface area contributed by atoms with Crippen molar-refractivity contribution >= 4 is 18.3 Å². The summed E-state index contributed by atoms with van der Waals surface area (Å²) in [4.78, 5) is 11.9. The third kappa shape index (κ3) is 4.48. The molecule has 3 nitrogen and oxygen atoms in total. The molecule has 0 heterocycles. The lowest BCUT2D eigenvalue weighted by atomic mass is 9.82. The van der Waals surface area contributed by atoms with Crippen molar-refractivity contribution < 1.29 is 9.18 Å². The molecule has 3 N–H and O–H groups in total. The molecule has 1 saturated carbocycles. The molecule has 0 unspecified atom stereocenters. The van der Waals surface area contributed by atoms with E-state index in [0.29, 0.717) is 12.1 Å². The van der Waals surface area contributed by atoms with Crippen molar-refractivity contribution in [3.05, 3.63) is 35.6 Å². The van der Waals surface area contributed by atoms with Crippen molar-refractivity contribution in [2.75, 3.05) is 6.54 Å². The van der Waals surface area contributed by atoms with Crippen molar-refractivity contribution in [2.24, 2.45) is 5.73 Å². The summed E-state index contributed by atoms with van der Waals surface area (Å²) in [6.45, 7) is 0.489. The third-order valence-electron chi connectivity index (χ3n) is 3.56. The summed E-state index contributed by atoms with van der Waals surface area (Å²) in [5, 5.41) is 2.84. The molecule has 1 aromatic rings. The Morgan fingerprint density at radius 2 is 1.79 bits per heavy atom. The number of carbonyl (C=O) groups excluding carboxylic acids is 1. The zero-order valence-corrected chi connectivity index (χ0v) is 11.6. The quantitative estimate of drug-likeness (QED) is 0.897. The van der Waals surface area contributed by atoms with Crippen LogP contribution in [-0.4, -0.2) is 18.0 Å². The molecular weight excluding hydrogens is 267 g/mol. The molecule has 0 aliphatic heterocycles. The minimum Gasteiger partial charge on any atom is -0.350 e. The fraction of sp³-hybridized carbons (Fsp3) is 0.500. The highest BCUT2D eigenvalue weighted by molar-refractivity contribution is 5.94. The second-order valence-electron chi connectivity index (χ2n) is 5.11. The molecule has 19 heavy (non-hydrogen) atoms. The number of hydrogen-bond acceptors (Lipinski definition) is 2. The summed E-state index contributed by atoms with van der Waals surface area (Å²) >= 11 is 0. The number of carbonyl (C=O) groups is 1. The topological polar surface area (TPSA) is 55.1 Å².